The van der Waals surface area contributed by atoms with Crippen LogP contribution in [0.3, 0.4) is 0 Å². The highest BCUT2D eigenvalue weighted by atomic mass is 32.1. The zero-order chi connectivity index (χ0) is 22.4. The first kappa shape index (κ1) is 20.9. The first-order valence-electron chi connectivity index (χ1n) is 10.8. The zero-order valence-electron chi connectivity index (χ0n) is 18.4. The maximum Gasteiger partial charge on any atom is 0.336 e. The molecule has 164 valence electrons. The normalized spacial score (nSPS) is 14.8. The molecule has 2 aromatic heterocycles. The number of thiophene rings is 1. The Hall–Kier alpha value is -2.96. The minimum Gasteiger partial charge on any atom is -0.490 e. The van der Waals surface area contributed by atoms with Crippen molar-refractivity contribution < 1.29 is 19.4 Å². The molecular weight excluding hydrogens is 422 g/mol. The second kappa shape index (κ2) is 8.19. The molecule has 0 unspecified atom stereocenters. The molecular formula is C26H25NO4S. The van der Waals surface area contributed by atoms with Gasteiger partial charge in [-0.25, -0.2) is 9.78 Å². The fraction of sp³-hybridized carbons (Fsp3) is 0.308. The summed E-state index contributed by atoms with van der Waals surface area (Å²) in [6, 6.07) is 11.9. The minimum atomic E-state index is -0.976. The van der Waals surface area contributed by atoms with E-state index in [1.807, 2.05) is 19.1 Å². The Labute approximate surface area is 190 Å². The Bertz CT molecular complexity index is 1350. The lowest BCUT2D eigenvalue weighted by Gasteiger charge is -2.24. The highest BCUT2D eigenvalue weighted by molar-refractivity contribution is 7.22. The van der Waals surface area contributed by atoms with Crippen LogP contribution in [0, 0.1) is 20.8 Å². The fourth-order valence-electron chi connectivity index (χ4n) is 4.38. The summed E-state index contributed by atoms with van der Waals surface area (Å²) in [5.41, 5.74) is 4.85. The van der Waals surface area contributed by atoms with Gasteiger partial charge in [-0.1, -0.05) is 18.2 Å². The highest BCUT2D eigenvalue weighted by Gasteiger charge is 2.23. The number of hydrogen-bond acceptors (Lipinski definition) is 5. The van der Waals surface area contributed by atoms with E-state index in [-0.39, 0.29) is 11.7 Å². The Morgan fingerprint density at radius 3 is 2.66 bits per heavy atom. The largest absolute Gasteiger partial charge is 0.490 e. The average Bonchev–Trinajstić information content (AvgIpc) is 3.11. The molecule has 1 saturated heterocycles. The lowest BCUT2D eigenvalue weighted by molar-refractivity contribution is 0.0261. The number of rotatable bonds is 4. The van der Waals surface area contributed by atoms with Gasteiger partial charge in [-0.15, -0.1) is 11.3 Å². The van der Waals surface area contributed by atoms with Crippen LogP contribution in [-0.4, -0.2) is 35.4 Å². The summed E-state index contributed by atoms with van der Waals surface area (Å²) in [4.78, 5) is 18.3. The topological polar surface area (TPSA) is 68.7 Å². The molecule has 0 bridgehead atoms. The molecule has 0 spiro atoms. The third-order valence-corrected chi connectivity index (χ3v) is 7.42. The molecule has 2 aromatic carbocycles. The summed E-state index contributed by atoms with van der Waals surface area (Å²) in [7, 11) is 0. The van der Waals surface area contributed by atoms with Crippen LogP contribution >= 0.6 is 11.3 Å². The molecule has 1 aliphatic rings. The van der Waals surface area contributed by atoms with E-state index in [0.29, 0.717) is 35.6 Å². The molecule has 32 heavy (non-hydrogen) atoms. The summed E-state index contributed by atoms with van der Waals surface area (Å²) in [5, 5.41) is 11.9. The molecule has 1 fully saturated rings. The SMILES string of the molecule is Cc1ccc2c(C)c(-c3cc(C(=O)O)c4c(OC5CCOCC5)ccc(C)c4n3)sc2c1. The average molecular weight is 448 g/mol. The van der Waals surface area contributed by atoms with Crippen molar-refractivity contribution in [1.29, 1.82) is 0 Å². The van der Waals surface area contributed by atoms with Crippen molar-refractivity contribution >= 4 is 38.3 Å². The van der Waals surface area contributed by atoms with Gasteiger partial charge in [0.2, 0.25) is 0 Å². The van der Waals surface area contributed by atoms with Crippen molar-refractivity contribution in [2.75, 3.05) is 13.2 Å². The Morgan fingerprint density at radius 2 is 1.91 bits per heavy atom. The Morgan fingerprint density at radius 1 is 1.12 bits per heavy atom. The number of hydrogen-bond donors (Lipinski definition) is 1. The third-order valence-electron chi connectivity index (χ3n) is 6.14. The highest BCUT2D eigenvalue weighted by Crippen LogP contribution is 2.41. The summed E-state index contributed by atoms with van der Waals surface area (Å²) in [5.74, 6) is -0.395. The van der Waals surface area contributed by atoms with Gasteiger partial charge < -0.3 is 14.6 Å². The summed E-state index contributed by atoms with van der Waals surface area (Å²) >= 11 is 1.66. The number of nitrogens with zero attached hydrogens (tertiary/aromatic N) is 1. The number of aryl methyl sites for hydroxylation is 3. The molecule has 0 radical (unpaired) electrons. The van der Waals surface area contributed by atoms with Crippen LogP contribution in [0.5, 0.6) is 5.75 Å². The minimum absolute atomic E-state index is 0.0176. The Kier molecular flexibility index (Phi) is 5.35. The van der Waals surface area contributed by atoms with Gasteiger partial charge in [-0.05, 0) is 61.0 Å². The van der Waals surface area contributed by atoms with Gasteiger partial charge in [-0.3, -0.25) is 0 Å². The first-order chi connectivity index (χ1) is 15.4. The second-order valence-corrected chi connectivity index (χ2v) is 9.50. The first-order valence-corrected chi connectivity index (χ1v) is 11.7. The van der Waals surface area contributed by atoms with E-state index in [9.17, 15) is 9.90 Å². The van der Waals surface area contributed by atoms with E-state index in [1.54, 1.807) is 17.4 Å². The predicted octanol–water partition coefficient (Wildman–Crippen LogP) is 6.30. The van der Waals surface area contributed by atoms with Crippen LogP contribution < -0.4 is 4.74 Å². The summed E-state index contributed by atoms with van der Waals surface area (Å²) in [6.07, 6.45) is 1.61. The molecule has 1 aliphatic heterocycles. The van der Waals surface area contributed by atoms with Gasteiger partial charge in [0.1, 0.15) is 11.9 Å². The van der Waals surface area contributed by atoms with Crippen molar-refractivity contribution in [2.45, 2.75) is 39.7 Å². The van der Waals surface area contributed by atoms with Crippen LogP contribution in [0.1, 0.15) is 39.9 Å². The van der Waals surface area contributed by atoms with Crippen molar-refractivity contribution in [1.82, 2.24) is 4.98 Å². The van der Waals surface area contributed by atoms with E-state index < -0.39 is 5.97 Å². The quantitative estimate of drug-likeness (QED) is 0.398. The zero-order valence-corrected chi connectivity index (χ0v) is 19.2. The standard InChI is InChI=1S/C26H25NO4S/c1-14-4-6-18-16(3)25(32-22(18)12-14)20-13-19(26(28)29)23-21(7-5-15(2)24(23)27-20)31-17-8-10-30-11-9-17/h4-7,12-13,17H,8-11H2,1-3H3,(H,28,29). The number of aromatic carboxylic acids is 1. The van der Waals surface area contributed by atoms with Crippen molar-refractivity contribution in [2.24, 2.45) is 0 Å². The lowest BCUT2D eigenvalue weighted by atomic mass is 10.0. The molecule has 0 aliphatic carbocycles. The monoisotopic (exact) mass is 447 g/mol. The number of pyridine rings is 1. The number of ether oxygens (including phenoxy) is 2. The van der Waals surface area contributed by atoms with Gasteiger partial charge in [0.25, 0.3) is 0 Å². The molecule has 0 saturated carbocycles. The van der Waals surface area contributed by atoms with E-state index >= 15 is 0 Å². The molecule has 5 rings (SSSR count). The molecule has 5 nitrogen and oxygen atoms in total. The van der Waals surface area contributed by atoms with Crippen LogP contribution in [-0.2, 0) is 4.74 Å². The van der Waals surface area contributed by atoms with Crippen LogP contribution in [0.15, 0.2) is 36.4 Å². The molecule has 0 amide bonds. The van der Waals surface area contributed by atoms with Gasteiger partial charge in [0.15, 0.2) is 0 Å². The van der Waals surface area contributed by atoms with E-state index in [0.717, 1.165) is 28.8 Å². The number of fused-ring (bicyclic) bond motifs is 2. The molecule has 4 aromatic rings. The van der Waals surface area contributed by atoms with Gasteiger partial charge >= 0.3 is 5.97 Å². The molecule has 3 heterocycles. The number of carboxylic acids is 1. The number of aromatic nitrogens is 1. The summed E-state index contributed by atoms with van der Waals surface area (Å²) in [6.45, 7) is 7.44. The summed E-state index contributed by atoms with van der Waals surface area (Å²) < 4.78 is 12.9. The van der Waals surface area contributed by atoms with Gasteiger partial charge in [0.05, 0.1) is 40.3 Å². The lowest BCUT2D eigenvalue weighted by Crippen LogP contribution is -2.26. The Balaban J connectivity index is 1.70. The number of carbonyl (C=O) groups is 1. The number of carboxylic acid groups (broad SMARTS) is 1. The van der Waals surface area contributed by atoms with Gasteiger partial charge in [0, 0.05) is 17.5 Å². The van der Waals surface area contributed by atoms with E-state index in [2.05, 4.69) is 32.0 Å². The van der Waals surface area contributed by atoms with Crippen molar-refractivity contribution in [3.05, 3.63) is 58.7 Å². The van der Waals surface area contributed by atoms with Crippen molar-refractivity contribution in [3.63, 3.8) is 0 Å². The maximum atomic E-state index is 12.4. The third kappa shape index (κ3) is 3.63. The smallest absolute Gasteiger partial charge is 0.336 e. The van der Waals surface area contributed by atoms with E-state index in [1.165, 1.54) is 15.6 Å². The molecule has 1 N–H and O–H groups in total. The van der Waals surface area contributed by atoms with Crippen LogP contribution in [0.25, 0.3) is 31.6 Å². The predicted molar refractivity (Wildman–Crippen MR) is 128 cm³/mol. The second-order valence-electron chi connectivity index (χ2n) is 8.45. The van der Waals surface area contributed by atoms with Gasteiger partial charge in [-0.2, -0.15) is 0 Å². The van der Waals surface area contributed by atoms with Crippen molar-refractivity contribution in [3.8, 4) is 16.3 Å². The molecule has 0 atom stereocenters. The fourth-order valence-corrected chi connectivity index (χ4v) is 5.64. The van der Waals surface area contributed by atoms with Crippen LogP contribution in [0.2, 0.25) is 0 Å². The maximum absolute atomic E-state index is 12.4. The molecule has 6 heteroatoms. The van der Waals surface area contributed by atoms with E-state index in [4.69, 9.17) is 14.5 Å². The van der Waals surface area contributed by atoms with Crippen LogP contribution in [0.4, 0.5) is 0 Å². The number of benzene rings is 2.